The van der Waals surface area contributed by atoms with Gasteiger partial charge in [-0.3, -0.25) is 4.79 Å². The summed E-state index contributed by atoms with van der Waals surface area (Å²) in [6.07, 6.45) is 5.27. The van der Waals surface area contributed by atoms with Gasteiger partial charge < -0.3 is 19.3 Å². The van der Waals surface area contributed by atoms with Gasteiger partial charge >= 0.3 is 0 Å². The van der Waals surface area contributed by atoms with E-state index in [0.29, 0.717) is 0 Å². The molecule has 0 unspecified atom stereocenters. The van der Waals surface area contributed by atoms with Crippen LogP contribution in [0, 0.1) is 12.7 Å². The fourth-order valence-electron chi connectivity index (χ4n) is 4.40. The van der Waals surface area contributed by atoms with Gasteiger partial charge in [0.1, 0.15) is 0 Å². The molecule has 1 aliphatic rings. The maximum Gasteiger partial charge on any atom is 0.155 e. The molecule has 0 saturated carbocycles. The average Bonchev–Trinajstić information content (AvgIpc) is 3.43. The van der Waals surface area contributed by atoms with Crippen molar-refractivity contribution in [2.45, 2.75) is 13.8 Å². The molecule has 3 heterocycles. The summed E-state index contributed by atoms with van der Waals surface area (Å²) in [5.74, 6) is -0.0625. The molecule has 0 aliphatic carbocycles. The number of rotatable bonds is 2. The van der Waals surface area contributed by atoms with E-state index >= 15 is 0 Å². The first-order chi connectivity index (χ1) is 15.4. The van der Waals surface area contributed by atoms with Crippen molar-refractivity contribution in [2.75, 3.05) is 11.9 Å². The van der Waals surface area contributed by atoms with Crippen molar-refractivity contribution in [1.82, 2.24) is 9.30 Å². The molecule has 0 bridgehead atoms. The summed E-state index contributed by atoms with van der Waals surface area (Å²) in [6.45, 7) is 4.91. The molecule has 0 saturated heterocycles. The van der Waals surface area contributed by atoms with Crippen LogP contribution >= 0.6 is 0 Å². The van der Waals surface area contributed by atoms with Crippen LogP contribution in [0.2, 0.25) is 0 Å². The van der Waals surface area contributed by atoms with Crippen LogP contribution in [-0.4, -0.2) is 27.2 Å². The number of aromatic nitrogens is 1. The van der Waals surface area contributed by atoms with E-state index in [1.165, 1.54) is 58.0 Å². The van der Waals surface area contributed by atoms with Crippen LogP contribution in [0.15, 0.2) is 78.8 Å². The number of nitrogens with zero attached hydrogens (tertiary/aromatic N) is 3. The molecule has 3 aromatic carbocycles. The number of carbonyl (C=O) groups excluding carboxylic acids is 1. The van der Waals surface area contributed by atoms with E-state index in [1.54, 1.807) is 0 Å². The van der Waals surface area contributed by atoms with Crippen LogP contribution in [0.5, 0.6) is 0 Å². The molecule has 1 aliphatic heterocycles. The SMILES string of the molecule is CC(=O)/C=C(/C)O.CN1C=CN(c2[c-]cc3c(c2)c2cccc4c5ccccc5n3c24)[CH-]1.[Ir]. The molecule has 1 radical (unpaired) electrons. The molecule has 5 nitrogen and oxygen atoms in total. The third kappa shape index (κ3) is 3.97. The summed E-state index contributed by atoms with van der Waals surface area (Å²) in [5, 5.41) is 13.6. The van der Waals surface area contributed by atoms with Gasteiger partial charge in [-0.2, -0.15) is 18.8 Å². The van der Waals surface area contributed by atoms with Crippen molar-refractivity contribution in [3.63, 3.8) is 0 Å². The Morgan fingerprint density at radius 3 is 2.30 bits per heavy atom. The quantitative estimate of drug-likeness (QED) is 0.151. The maximum absolute atomic E-state index is 10.0. The predicted octanol–water partition coefficient (Wildman–Crippen LogP) is 6.01. The first kappa shape index (κ1) is 22.8. The molecule has 6 rings (SSSR count). The average molecular weight is 614 g/mol. The van der Waals surface area contributed by atoms with Crippen LogP contribution in [0.25, 0.3) is 38.1 Å². The molecule has 0 amide bonds. The number of hydrogen-bond donors (Lipinski definition) is 1. The number of carbonyl (C=O) groups is 1. The minimum absolute atomic E-state index is 0. The molecular formula is C27H23IrN3O2-2. The van der Waals surface area contributed by atoms with E-state index in [-0.39, 0.29) is 31.6 Å². The molecular weight excluding hydrogens is 591 g/mol. The number of fused-ring (bicyclic) bond motifs is 6. The van der Waals surface area contributed by atoms with Crippen molar-refractivity contribution in [3.8, 4) is 0 Å². The van der Waals surface area contributed by atoms with Crippen LogP contribution < -0.4 is 4.90 Å². The van der Waals surface area contributed by atoms with Gasteiger partial charge in [-0.25, -0.2) is 0 Å². The van der Waals surface area contributed by atoms with Gasteiger partial charge in [-0.15, -0.1) is 17.1 Å². The predicted molar refractivity (Wildman–Crippen MR) is 131 cm³/mol. The second-order valence-corrected chi connectivity index (χ2v) is 8.05. The molecule has 169 valence electrons. The largest absolute Gasteiger partial charge is 0.512 e. The normalized spacial score (nSPS) is 13.7. The number of aliphatic hydroxyl groups excluding tert-OH is 1. The van der Waals surface area contributed by atoms with Crippen molar-refractivity contribution >= 4 is 49.6 Å². The van der Waals surface area contributed by atoms with Crippen molar-refractivity contribution in [3.05, 3.63) is 91.6 Å². The zero-order valence-electron chi connectivity index (χ0n) is 18.5. The van der Waals surface area contributed by atoms with Gasteiger partial charge in [0.05, 0.1) is 5.76 Å². The second kappa shape index (κ2) is 8.89. The third-order valence-electron chi connectivity index (χ3n) is 5.60. The van der Waals surface area contributed by atoms with Crippen molar-refractivity contribution in [2.24, 2.45) is 0 Å². The monoisotopic (exact) mass is 614 g/mol. The maximum atomic E-state index is 10.0. The molecule has 0 fully saturated rings. The fraction of sp³-hybridized carbons (Fsp3) is 0.111. The number of hydrogen-bond acceptors (Lipinski definition) is 4. The number of benzene rings is 3. The summed E-state index contributed by atoms with van der Waals surface area (Å²) in [7, 11) is 2.03. The Morgan fingerprint density at radius 2 is 1.67 bits per heavy atom. The third-order valence-corrected chi connectivity index (χ3v) is 5.60. The van der Waals surface area contributed by atoms with Crippen LogP contribution in [0.3, 0.4) is 0 Å². The Balaban J connectivity index is 0.000000287. The Bertz CT molecular complexity index is 1530. The zero-order valence-corrected chi connectivity index (χ0v) is 20.9. The van der Waals surface area contributed by atoms with Gasteiger partial charge in [0.15, 0.2) is 5.78 Å². The minimum Gasteiger partial charge on any atom is -0.512 e. The van der Waals surface area contributed by atoms with Crippen molar-refractivity contribution in [1.29, 1.82) is 0 Å². The molecule has 0 atom stereocenters. The molecule has 6 heteroatoms. The Morgan fingerprint density at radius 1 is 0.970 bits per heavy atom. The smallest absolute Gasteiger partial charge is 0.155 e. The van der Waals surface area contributed by atoms with Gasteiger partial charge in [-0.05, 0) is 44.7 Å². The van der Waals surface area contributed by atoms with Gasteiger partial charge in [0, 0.05) is 48.0 Å². The molecule has 5 aromatic rings. The molecule has 1 N–H and O–H groups in total. The number of allylic oxidation sites excluding steroid dienone is 2. The Labute approximate surface area is 205 Å². The van der Waals surface area contributed by atoms with E-state index in [2.05, 4.69) is 82.8 Å². The standard InChI is InChI=1S/C22H15N3.C5H8O2.Ir/c1-23-11-12-24(14-23)15-9-10-21-19(13-15)18-7-4-6-17-16-5-2-3-8-20(16)25(21)22(17)18;1-4(6)3-5(2)7;/h2-8,10-14H,1H3;3,6H,1-2H3;/q-2;;/b;4-3-;. The zero-order chi connectivity index (χ0) is 22.4. The topological polar surface area (TPSA) is 48.2 Å². The fourth-order valence-corrected chi connectivity index (χ4v) is 4.40. The first-order valence-electron chi connectivity index (χ1n) is 10.4. The molecule has 33 heavy (non-hydrogen) atoms. The number of ketones is 1. The van der Waals surface area contributed by atoms with E-state index in [4.69, 9.17) is 5.11 Å². The van der Waals surface area contributed by atoms with Crippen LogP contribution in [-0.2, 0) is 24.9 Å². The van der Waals surface area contributed by atoms with Gasteiger partial charge in [0.2, 0.25) is 0 Å². The van der Waals surface area contributed by atoms with Gasteiger partial charge in [-0.1, -0.05) is 41.9 Å². The van der Waals surface area contributed by atoms with E-state index in [0.717, 1.165) is 5.69 Å². The van der Waals surface area contributed by atoms with Crippen LogP contribution in [0.1, 0.15) is 13.8 Å². The van der Waals surface area contributed by atoms with E-state index < -0.39 is 0 Å². The summed E-state index contributed by atoms with van der Waals surface area (Å²) >= 11 is 0. The van der Waals surface area contributed by atoms with Crippen molar-refractivity contribution < 1.29 is 30.0 Å². The number of para-hydroxylation sites is 2. The summed E-state index contributed by atoms with van der Waals surface area (Å²) in [5.41, 5.74) is 4.85. The summed E-state index contributed by atoms with van der Waals surface area (Å²) < 4.78 is 2.38. The number of anilines is 1. The van der Waals surface area contributed by atoms with E-state index in [9.17, 15) is 4.79 Å². The second-order valence-electron chi connectivity index (χ2n) is 8.05. The first-order valence-corrected chi connectivity index (χ1v) is 10.4. The molecule has 2 aromatic heterocycles. The minimum atomic E-state index is -0.125. The Hall–Kier alpha value is -3.34. The van der Waals surface area contributed by atoms with E-state index in [1.807, 2.05) is 18.1 Å². The number of aliphatic hydroxyl groups is 1. The summed E-state index contributed by atoms with van der Waals surface area (Å²) in [6, 6.07) is 23.1. The Kier molecular flexibility index (Phi) is 6.15. The molecule has 0 spiro atoms. The van der Waals surface area contributed by atoms with Gasteiger partial charge in [0.25, 0.3) is 0 Å². The summed E-state index contributed by atoms with van der Waals surface area (Å²) in [4.78, 5) is 14.2. The van der Waals surface area contributed by atoms with Crippen LogP contribution in [0.4, 0.5) is 5.69 Å².